The van der Waals surface area contributed by atoms with E-state index in [0.29, 0.717) is 23.7 Å². The molecule has 2 aromatic rings. The van der Waals surface area contributed by atoms with Gasteiger partial charge < -0.3 is 14.9 Å². The van der Waals surface area contributed by atoms with Crippen LogP contribution in [-0.4, -0.2) is 57.8 Å². The molecule has 1 atom stereocenters. The van der Waals surface area contributed by atoms with Gasteiger partial charge in [-0.2, -0.15) is 0 Å². The molecule has 3 rings (SSSR count). The topological polar surface area (TPSA) is 73.7 Å². The molecule has 0 fully saturated rings. The molecular formula is C20H23N3O3S. The molecule has 0 saturated heterocycles. The summed E-state index contributed by atoms with van der Waals surface area (Å²) >= 11 is 1.29. The van der Waals surface area contributed by atoms with Crippen LogP contribution in [0.1, 0.15) is 35.3 Å². The van der Waals surface area contributed by atoms with Gasteiger partial charge in [-0.1, -0.05) is 26.0 Å². The summed E-state index contributed by atoms with van der Waals surface area (Å²) in [7, 11) is 0. The van der Waals surface area contributed by atoms with Crippen molar-refractivity contribution in [2.24, 2.45) is 0 Å². The molecule has 1 N–H and O–H groups in total. The van der Waals surface area contributed by atoms with Crippen molar-refractivity contribution >= 4 is 23.0 Å². The number of thiophene rings is 1. The molecule has 0 spiro atoms. The number of pyridine rings is 1. The van der Waals surface area contributed by atoms with E-state index < -0.39 is 17.7 Å². The SMILES string of the molecule is CCN(CC)CCN1C(=O)C(O)=C(C(=O)c2cccs2)[C@H]1c1ccccn1. The van der Waals surface area contributed by atoms with Crippen LogP contribution in [0, 0.1) is 0 Å². The van der Waals surface area contributed by atoms with Gasteiger partial charge in [0.15, 0.2) is 5.76 Å². The summed E-state index contributed by atoms with van der Waals surface area (Å²) in [6.45, 7) is 6.93. The first-order valence-corrected chi connectivity index (χ1v) is 9.92. The highest BCUT2D eigenvalue weighted by Crippen LogP contribution is 2.38. The van der Waals surface area contributed by atoms with Gasteiger partial charge in [-0.25, -0.2) is 0 Å². The van der Waals surface area contributed by atoms with E-state index in [4.69, 9.17) is 0 Å². The van der Waals surface area contributed by atoms with Crippen molar-refractivity contribution in [2.75, 3.05) is 26.2 Å². The van der Waals surface area contributed by atoms with Gasteiger partial charge in [-0.05, 0) is 36.7 Å². The lowest BCUT2D eigenvalue weighted by molar-refractivity contribution is -0.129. The number of hydrogen-bond donors (Lipinski definition) is 1. The average Bonchev–Trinajstić information content (AvgIpc) is 3.31. The highest BCUT2D eigenvalue weighted by atomic mass is 32.1. The zero-order valence-electron chi connectivity index (χ0n) is 15.5. The molecule has 3 heterocycles. The number of ketones is 1. The van der Waals surface area contributed by atoms with Gasteiger partial charge in [0.05, 0.1) is 16.1 Å². The molecule has 0 radical (unpaired) electrons. The summed E-state index contributed by atoms with van der Waals surface area (Å²) in [6, 6.07) is 8.18. The van der Waals surface area contributed by atoms with E-state index in [1.807, 2.05) is 6.07 Å². The van der Waals surface area contributed by atoms with Crippen LogP contribution in [0.2, 0.25) is 0 Å². The van der Waals surface area contributed by atoms with E-state index in [1.165, 1.54) is 11.3 Å². The summed E-state index contributed by atoms with van der Waals surface area (Å²) in [6.07, 6.45) is 1.63. The Bertz CT molecular complexity index is 829. The second kappa shape index (κ2) is 8.45. The second-order valence-corrected chi connectivity index (χ2v) is 7.20. The van der Waals surface area contributed by atoms with Crippen molar-refractivity contribution in [1.82, 2.24) is 14.8 Å². The summed E-state index contributed by atoms with van der Waals surface area (Å²) in [5, 5.41) is 12.3. The molecule has 1 aliphatic heterocycles. The quantitative estimate of drug-likeness (QED) is 0.707. The first kappa shape index (κ1) is 19.3. The van der Waals surface area contributed by atoms with Crippen molar-refractivity contribution < 1.29 is 14.7 Å². The highest BCUT2D eigenvalue weighted by Gasteiger charge is 2.44. The maximum atomic E-state index is 13.0. The summed E-state index contributed by atoms with van der Waals surface area (Å²) < 4.78 is 0. The average molecular weight is 385 g/mol. The van der Waals surface area contributed by atoms with Gasteiger partial charge in [0.1, 0.15) is 6.04 Å². The number of rotatable bonds is 8. The summed E-state index contributed by atoms with van der Waals surface area (Å²) in [5.41, 5.74) is 0.690. The number of aliphatic hydroxyl groups is 1. The van der Waals surface area contributed by atoms with Gasteiger partial charge in [-0.15, -0.1) is 11.3 Å². The molecule has 0 saturated carbocycles. The Morgan fingerprint density at radius 1 is 1.26 bits per heavy atom. The lowest BCUT2D eigenvalue weighted by Crippen LogP contribution is -2.38. The molecule has 1 amide bonds. The number of carbonyl (C=O) groups is 2. The predicted molar refractivity (Wildman–Crippen MR) is 105 cm³/mol. The third-order valence-electron chi connectivity index (χ3n) is 4.81. The fourth-order valence-electron chi connectivity index (χ4n) is 3.29. The zero-order chi connectivity index (χ0) is 19.4. The number of aromatic nitrogens is 1. The monoisotopic (exact) mass is 385 g/mol. The van der Waals surface area contributed by atoms with Crippen LogP contribution in [0.15, 0.2) is 53.2 Å². The van der Waals surface area contributed by atoms with Gasteiger partial charge in [-0.3, -0.25) is 14.6 Å². The van der Waals surface area contributed by atoms with E-state index in [-0.39, 0.29) is 11.4 Å². The molecule has 2 aromatic heterocycles. The lowest BCUT2D eigenvalue weighted by Gasteiger charge is -2.28. The maximum Gasteiger partial charge on any atom is 0.290 e. The molecule has 7 heteroatoms. The molecule has 0 aromatic carbocycles. The number of Topliss-reactive ketones (excluding diaryl/α,β-unsaturated/α-hetero) is 1. The molecule has 0 aliphatic carbocycles. The Balaban J connectivity index is 1.98. The van der Waals surface area contributed by atoms with Crippen molar-refractivity contribution in [2.45, 2.75) is 19.9 Å². The largest absolute Gasteiger partial charge is 0.503 e. The van der Waals surface area contributed by atoms with Crippen molar-refractivity contribution in [3.8, 4) is 0 Å². The lowest BCUT2D eigenvalue weighted by atomic mass is 9.99. The Hall–Kier alpha value is -2.51. The minimum absolute atomic E-state index is 0.112. The number of likely N-dealkylation sites (N-methyl/N-ethyl adjacent to an activating group) is 1. The fraction of sp³-hybridized carbons (Fsp3) is 0.350. The van der Waals surface area contributed by atoms with E-state index in [9.17, 15) is 14.7 Å². The summed E-state index contributed by atoms with van der Waals surface area (Å²) in [4.78, 5) is 34.4. The zero-order valence-corrected chi connectivity index (χ0v) is 16.3. The van der Waals surface area contributed by atoms with Crippen LogP contribution < -0.4 is 0 Å². The number of hydrogen-bond acceptors (Lipinski definition) is 6. The Morgan fingerprint density at radius 2 is 2.04 bits per heavy atom. The van der Waals surface area contributed by atoms with E-state index in [1.54, 1.807) is 40.7 Å². The van der Waals surface area contributed by atoms with Gasteiger partial charge in [0, 0.05) is 19.3 Å². The molecule has 6 nitrogen and oxygen atoms in total. The molecule has 0 unspecified atom stereocenters. The van der Waals surface area contributed by atoms with Crippen molar-refractivity contribution in [1.29, 1.82) is 0 Å². The summed E-state index contributed by atoms with van der Waals surface area (Å²) in [5.74, 6) is -1.31. The first-order chi connectivity index (χ1) is 13.1. The number of aliphatic hydroxyl groups excluding tert-OH is 1. The first-order valence-electron chi connectivity index (χ1n) is 9.04. The third kappa shape index (κ3) is 3.79. The van der Waals surface area contributed by atoms with Gasteiger partial charge in [0.2, 0.25) is 5.78 Å². The third-order valence-corrected chi connectivity index (χ3v) is 5.68. The van der Waals surface area contributed by atoms with Gasteiger partial charge in [0.25, 0.3) is 5.91 Å². The molecule has 1 aliphatic rings. The fourth-order valence-corrected chi connectivity index (χ4v) is 3.97. The normalized spacial score (nSPS) is 17.2. The van der Waals surface area contributed by atoms with E-state index >= 15 is 0 Å². The van der Waals surface area contributed by atoms with Crippen LogP contribution in [-0.2, 0) is 4.79 Å². The van der Waals surface area contributed by atoms with Crippen LogP contribution in [0.3, 0.4) is 0 Å². The van der Waals surface area contributed by atoms with Crippen LogP contribution in [0.25, 0.3) is 0 Å². The number of amides is 1. The predicted octanol–water partition coefficient (Wildman–Crippen LogP) is 3.06. The smallest absolute Gasteiger partial charge is 0.290 e. The molecule has 27 heavy (non-hydrogen) atoms. The molecule has 142 valence electrons. The van der Waals surface area contributed by atoms with Crippen LogP contribution in [0.5, 0.6) is 0 Å². The minimum Gasteiger partial charge on any atom is -0.503 e. The van der Waals surface area contributed by atoms with Gasteiger partial charge >= 0.3 is 0 Å². The highest BCUT2D eigenvalue weighted by molar-refractivity contribution is 7.12. The van der Waals surface area contributed by atoms with Crippen molar-refractivity contribution in [3.63, 3.8) is 0 Å². The molecular weight excluding hydrogens is 362 g/mol. The number of carbonyl (C=O) groups excluding carboxylic acids is 2. The minimum atomic E-state index is -0.677. The Kier molecular flexibility index (Phi) is 6.03. The maximum absolute atomic E-state index is 13.0. The van der Waals surface area contributed by atoms with Crippen LogP contribution >= 0.6 is 11.3 Å². The second-order valence-electron chi connectivity index (χ2n) is 6.25. The number of nitrogens with zero attached hydrogens (tertiary/aromatic N) is 3. The van der Waals surface area contributed by atoms with Crippen LogP contribution in [0.4, 0.5) is 0 Å². The van der Waals surface area contributed by atoms with E-state index in [2.05, 4.69) is 23.7 Å². The van der Waals surface area contributed by atoms with Crippen molar-refractivity contribution in [3.05, 3.63) is 63.8 Å². The van der Waals surface area contributed by atoms with E-state index in [0.717, 1.165) is 13.1 Å². The standard InChI is InChI=1S/C20H23N3O3S/c1-3-22(4-2)11-12-23-17(14-8-5-6-10-21-14)16(19(25)20(23)26)18(24)15-9-7-13-27-15/h5-10,13,17,25H,3-4,11-12H2,1-2H3/t17-/m1/s1. The Morgan fingerprint density at radius 3 is 2.63 bits per heavy atom. The Labute approximate surface area is 162 Å². The molecule has 0 bridgehead atoms.